The van der Waals surface area contributed by atoms with Crippen LogP contribution in [0.25, 0.3) is 88.4 Å². The molecule has 0 saturated carbocycles. The maximum absolute atomic E-state index is 2.43. The van der Waals surface area contributed by atoms with E-state index in [1.807, 2.05) is 0 Å². The molecule has 0 fully saturated rings. The molecule has 59 heavy (non-hydrogen) atoms. The molecule has 1 aliphatic rings. The van der Waals surface area contributed by atoms with Gasteiger partial charge in [-0.2, -0.15) is 0 Å². The van der Waals surface area contributed by atoms with E-state index >= 15 is 0 Å². The van der Waals surface area contributed by atoms with Gasteiger partial charge < -0.3 is 9.13 Å². The van der Waals surface area contributed by atoms with Crippen LogP contribution in [-0.2, 0) is 19.3 Å². The van der Waals surface area contributed by atoms with E-state index in [-0.39, 0.29) is 0 Å². The molecule has 2 aromatic heterocycles. The molecule has 2 heterocycles. The van der Waals surface area contributed by atoms with Gasteiger partial charge in [0.1, 0.15) is 0 Å². The van der Waals surface area contributed by atoms with Gasteiger partial charge in [-0.3, -0.25) is 0 Å². The lowest BCUT2D eigenvalue weighted by molar-refractivity contribution is 0.647. The van der Waals surface area contributed by atoms with Crippen molar-refractivity contribution >= 4 is 43.6 Å². The molecule has 0 unspecified atom stereocenters. The molecule has 11 rings (SSSR count). The second-order valence-electron chi connectivity index (χ2n) is 17.6. The van der Waals surface area contributed by atoms with Crippen molar-refractivity contribution in [2.45, 2.75) is 47.0 Å². The number of hydrogen-bond acceptors (Lipinski definition) is 0. The minimum absolute atomic E-state index is 0.640. The lowest BCUT2D eigenvalue weighted by Gasteiger charge is -2.11. The molecular weight excluding hydrogens is 713 g/mol. The van der Waals surface area contributed by atoms with Crippen molar-refractivity contribution < 1.29 is 0 Å². The summed E-state index contributed by atoms with van der Waals surface area (Å²) in [5.41, 5.74) is 20.7. The summed E-state index contributed by atoms with van der Waals surface area (Å²) in [6, 6.07) is 64.3. The number of aromatic nitrogens is 2. The fourth-order valence-corrected chi connectivity index (χ4v) is 9.89. The van der Waals surface area contributed by atoms with Gasteiger partial charge in [0.05, 0.1) is 22.1 Å². The summed E-state index contributed by atoms with van der Waals surface area (Å²) in [4.78, 5) is 0. The van der Waals surface area contributed by atoms with Gasteiger partial charge >= 0.3 is 0 Å². The highest BCUT2D eigenvalue weighted by molar-refractivity contribution is 6.11. The van der Waals surface area contributed by atoms with Gasteiger partial charge in [0.15, 0.2) is 0 Å². The van der Waals surface area contributed by atoms with E-state index in [9.17, 15) is 0 Å². The number of para-hydroxylation sites is 2. The first kappa shape index (κ1) is 35.5. The smallest absolute Gasteiger partial charge is 0.0541 e. The third-order valence-corrected chi connectivity index (χ3v) is 12.6. The Kier molecular flexibility index (Phi) is 8.44. The molecule has 8 aromatic carbocycles. The van der Waals surface area contributed by atoms with Crippen LogP contribution in [0.1, 0.15) is 49.9 Å². The van der Waals surface area contributed by atoms with Gasteiger partial charge in [-0.25, -0.2) is 0 Å². The zero-order chi connectivity index (χ0) is 39.8. The van der Waals surface area contributed by atoms with Crippen LogP contribution in [0.5, 0.6) is 0 Å². The Morgan fingerprint density at radius 3 is 1.17 bits per heavy atom. The normalized spacial score (nSPS) is 12.4. The number of hydrogen-bond donors (Lipinski definition) is 0. The van der Waals surface area contributed by atoms with Crippen LogP contribution in [0.15, 0.2) is 170 Å². The van der Waals surface area contributed by atoms with Crippen molar-refractivity contribution in [1.82, 2.24) is 9.13 Å². The predicted molar refractivity (Wildman–Crippen MR) is 251 cm³/mol. The molecule has 0 bridgehead atoms. The Labute approximate surface area is 347 Å². The number of nitrogens with zero attached hydrogens (tertiary/aromatic N) is 2. The summed E-state index contributed by atoms with van der Waals surface area (Å²) in [7, 11) is 0. The Bertz CT molecular complexity index is 3000. The molecule has 0 aliphatic heterocycles. The molecule has 0 amide bonds. The fraction of sp³-hybridized carbons (Fsp3) is 0.158. The Balaban J connectivity index is 0.959. The lowest BCUT2D eigenvalue weighted by atomic mass is 9.95. The van der Waals surface area contributed by atoms with Crippen LogP contribution >= 0.6 is 0 Å². The Morgan fingerprint density at radius 2 is 0.746 bits per heavy atom. The zero-order valence-electron chi connectivity index (χ0n) is 34.3. The van der Waals surface area contributed by atoms with Gasteiger partial charge in [-0.15, -0.1) is 0 Å². The predicted octanol–water partition coefficient (Wildman–Crippen LogP) is 15.2. The van der Waals surface area contributed by atoms with Gasteiger partial charge in [0, 0.05) is 32.9 Å². The van der Waals surface area contributed by atoms with Crippen LogP contribution in [-0.4, -0.2) is 9.13 Å². The van der Waals surface area contributed by atoms with Crippen molar-refractivity contribution in [3.63, 3.8) is 0 Å². The molecule has 0 atom stereocenters. The van der Waals surface area contributed by atoms with Crippen molar-refractivity contribution in [1.29, 1.82) is 0 Å². The lowest BCUT2D eigenvalue weighted by Crippen LogP contribution is -1.97. The van der Waals surface area contributed by atoms with Crippen molar-refractivity contribution in [2.24, 2.45) is 11.8 Å². The summed E-state index contributed by atoms with van der Waals surface area (Å²) < 4.78 is 4.85. The fourth-order valence-electron chi connectivity index (χ4n) is 9.89. The van der Waals surface area contributed by atoms with E-state index in [1.54, 1.807) is 0 Å². The Hall–Kier alpha value is -6.64. The van der Waals surface area contributed by atoms with Crippen LogP contribution in [0.3, 0.4) is 0 Å². The van der Waals surface area contributed by atoms with E-state index in [0.29, 0.717) is 11.8 Å². The van der Waals surface area contributed by atoms with E-state index in [2.05, 4.69) is 207 Å². The average molecular weight is 761 g/mol. The van der Waals surface area contributed by atoms with E-state index in [4.69, 9.17) is 0 Å². The molecule has 0 saturated heterocycles. The van der Waals surface area contributed by atoms with Crippen LogP contribution in [0, 0.1) is 11.8 Å². The monoisotopic (exact) mass is 760 g/mol. The first-order valence-electron chi connectivity index (χ1n) is 21.4. The minimum Gasteiger partial charge on any atom is -0.309 e. The van der Waals surface area contributed by atoms with Gasteiger partial charge in [-0.05, 0) is 160 Å². The van der Waals surface area contributed by atoms with E-state index in [1.165, 1.54) is 111 Å². The highest BCUT2D eigenvalue weighted by Crippen LogP contribution is 2.43. The molecule has 2 nitrogen and oxygen atoms in total. The number of fused-ring (bicyclic) bond motifs is 9. The van der Waals surface area contributed by atoms with Crippen molar-refractivity contribution in [2.75, 3.05) is 0 Å². The Morgan fingerprint density at radius 1 is 0.373 bits per heavy atom. The van der Waals surface area contributed by atoms with Crippen molar-refractivity contribution in [3.05, 3.63) is 192 Å². The summed E-state index contributed by atoms with van der Waals surface area (Å²) in [5.74, 6) is 1.28. The summed E-state index contributed by atoms with van der Waals surface area (Å²) in [6.45, 7) is 9.13. The standard InChI is InChI=1S/C57H48N2/c1-36(2)29-38-13-23-46(24-14-38)58-54-11-7-5-9-48(54)52-34-42(21-27-56(52)58)40-17-19-44-31-45-20-18-41(33-51(45)50(44)32-40)43-22-28-57-53(35-43)49-10-6-8-12-55(49)59(57)47-25-15-39(16-26-47)30-37(3)4/h5-28,32-37H,29-31H2,1-4H3. The maximum Gasteiger partial charge on any atom is 0.0541 e. The van der Waals surface area contributed by atoms with Gasteiger partial charge in [0.2, 0.25) is 0 Å². The quantitative estimate of drug-likeness (QED) is 0.146. The second-order valence-corrected chi connectivity index (χ2v) is 17.6. The summed E-state index contributed by atoms with van der Waals surface area (Å²) in [5, 5.41) is 5.14. The maximum atomic E-state index is 2.43. The summed E-state index contributed by atoms with van der Waals surface area (Å²) >= 11 is 0. The van der Waals surface area contributed by atoms with E-state index < -0.39 is 0 Å². The third-order valence-electron chi connectivity index (χ3n) is 12.6. The highest BCUT2D eigenvalue weighted by atomic mass is 15.0. The van der Waals surface area contributed by atoms with Gasteiger partial charge in [0.25, 0.3) is 0 Å². The first-order valence-corrected chi connectivity index (χ1v) is 21.4. The number of benzene rings is 8. The molecule has 286 valence electrons. The van der Waals surface area contributed by atoms with Gasteiger partial charge in [-0.1, -0.05) is 125 Å². The first-order chi connectivity index (χ1) is 28.9. The topological polar surface area (TPSA) is 9.86 Å². The molecule has 0 radical (unpaired) electrons. The molecule has 0 spiro atoms. The average Bonchev–Trinajstić information content (AvgIpc) is 3.90. The van der Waals surface area contributed by atoms with E-state index in [0.717, 1.165) is 19.3 Å². The summed E-state index contributed by atoms with van der Waals surface area (Å²) in [6.07, 6.45) is 3.16. The molecule has 10 aromatic rings. The van der Waals surface area contributed by atoms with Crippen LogP contribution in [0.2, 0.25) is 0 Å². The van der Waals surface area contributed by atoms with Crippen molar-refractivity contribution in [3.8, 4) is 44.8 Å². The highest BCUT2D eigenvalue weighted by Gasteiger charge is 2.21. The molecular formula is C57H48N2. The van der Waals surface area contributed by atoms with Crippen LogP contribution < -0.4 is 0 Å². The SMILES string of the molecule is CC(C)Cc1ccc(-n2c3ccccc3c3cc(-c4ccc5c(c4)-c4cc(-c6ccc7c(c6)c6ccccc6n7-c6ccc(CC(C)C)cc6)ccc4C5)ccc32)cc1. The molecule has 1 aliphatic carbocycles. The largest absolute Gasteiger partial charge is 0.309 e. The minimum atomic E-state index is 0.640. The zero-order valence-corrected chi connectivity index (χ0v) is 34.3. The third kappa shape index (κ3) is 6.09. The van der Waals surface area contributed by atoms with Crippen LogP contribution in [0.4, 0.5) is 0 Å². The number of rotatable bonds is 8. The second kappa shape index (κ2) is 14.0. The molecule has 0 N–H and O–H groups in total. The molecule has 2 heteroatoms.